The first-order valence-corrected chi connectivity index (χ1v) is 10.4. The Morgan fingerprint density at radius 1 is 1.08 bits per heavy atom. The summed E-state index contributed by atoms with van der Waals surface area (Å²) in [7, 11) is -0.901. The Kier molecular flexibility index (Phi) is 6.78. The van der Waals surface area contributed by atoms with Gasteiger partial charge in [-0.05, 0) is 74.8 Å². The molecule has 0 saturated carbocycles. The fraction of sp³-hybridized carbons (Fsp3) is 0.474. The summed E-state index contributed by atoms with van der Waals surface area (Å²) >= 11 is 0. The number of fused-ring (bicyclic) bond motifs is 1. The van der Waals surface area contributed by atoms with Gasteiger partial charge in [0.25, 0.3) is 0 Å². The molecule has 5 heteroatoms. The molecule has 1 aliphatic rings. The van der Waals surface area contributed by atoms with Gasteiger partial charge in [0.05, 0.1) is 4.90 Å². The van der Waals surface area contributed by atoms with Crippen molar-refractivity contribution in [2.45, 2.75) is 24.2 Å². The van der Waals surface area contributed by atoms with E-state index < -0.39 is 9.84 Å². The Bertz CT molecular complexity index is 751. The van der Waals surface area contributed by atoms with Crippen LogP contribution in [0.1, 0.15) is 19.3 Å². The standard InChI is InChI=1S/C11H10O2S.C8H18N2/c1-14(12,13)11-7-6-9-4-2-3-5-10(9)8-11;1-10-6-3-8(2-5-9)4-7-10/h2-8H,1H3;8H,2-7,9H2,1H3. The predicted molar refractivity (Wildman–Crippen MR) is 101 cm³/mol. The van der Waals surface area contributed by atoms with Crippen molar-refractivity contribution in [2.24, 2.45) is 11.7 Å². The van der Waals surface area contributed by atoms with Crippen LogP contribution in [0.15, 0.2) is 47.4 Å². The summed E-state index contributed by atoms with van der Waals surface area (Å²) in [5.74, 6) is 0.918. The second kappa shape index (κ2) is 8.60. The van der Waals surface area contributed by atoms with Crippen molar-refractivity contribution in [3.8, 4) is 0 Å². The molecule has 0 bridgehead atoms. The molecule has 2 aromatic carbocycles. The van der Waals surface area contributed by atoms with Gasteiger partial charge in [0.1, 0.15) is 0 Å². The zero-order valence-corrected chi connectivity index (χ0v) is 15.4. The molecule has 2 N–H and O–H groups in total. The SMILES string of the molecule is CN1CCC(CCN)CC1.CS(=O)(=O)c1ccc2ccccc2c1. The molecule has 24 heavy (non-hydrogen) atoms. The van der Waals surface area contributed by atoms with E-state index in [-0.39, 0.29) is 0 Å². The number of hydrogen-bond donors (Lipinski definition) is 1. The Labute approximate surface area is 145 Å². The Morgan fingerprint density at radius 2 is 1.71 bits per heavy atom. The minimum atomic E-state index is -3.09. The average molecular weight is 349 g/mol. The summed E-state index contributed by atoms with van der Waals surface area (Å²) in [6, 6.07) is 12.9. The van der Waals surface area contributed by atoms with E-state index in [0.717, 1.165) is 23.2 Å². The van der Waals surface area contributed by atoms with Crippen LogP contribution in [0.5, 0.6) is 0 Å². The van der Waals surface area contributed by atoms with Crippen LogP contribution < -0.4 is 5.73 Å². The highest BCUT2D eigenvalue weighted by atomic mass is 32.2. The third-order valence-electron chi connectivity index (χ3n) is 4.56. The quantitative estimate of drug-likeness (QED) is 0.926. The van der Waals surface area contributed by atoms with Gasteiger partial charge in [0.2, 0.25) is 0 Å². The normalized spacial score (nSPS) is 16.6. The molecule has 0 atom stereocenters. The third kappa shape index (κ3) is 5.58. The summed E-state index contributed by atoms with van der Waals surface area (Å²) in [4.78, 5) is 2.77. The van der Waals surface area contributed by atoms with Gasteiger partial charge in [0.15, 0.2) is 9.84 Å². The monoisotopic (exact) mass is 348 g/mol. The fourth-order valence-electron chi connectivity index (χ4n) is 2.98. The lowest BCUT2D eigenvalue weighted by Crippen LogP contribution is -2.30. The number of sulfone groups is 1. The molecule has 0 aromatic heterocycles. The number of piperidine rings is 1. The van der Waals surface area contributed by atoms with E-state index in [1.54, 1.807) is 12.1 Å². The molecule has 1 heterocycles. The lowest BCUT2D eigenvalue weighted by molar-refractivity contribution is 0.214. The molecule has 0 amide bonds. The zero-order valence-electron chi connectivity index (χ0n) is 14.6. The molecule has 132 valence electrons. The molecule has 0 unspecified atom stereocenters. The van der Waals surface area contributed by atoms with E-state index in [2.05, 4.69) is 11.9 Å². The highest BCUT2D eigenvalue weighted by Crippen LogP contribution is 2.19. The maximum atomic E-state index is 11.3. The second-order valence-corrected chi connectivity index (χ2v) is 8.62. The van der Waals surface area contributed by atoms with Crippen LogP contribution in [0.4, 0.5) is 0 Å². The lowest BCUT2D eigenvalue weighted by atomic mass is 9.94. The number of rotatable bonds is 3. The van der Waals surface area contributed by atoms with Crippen LogP contribution in [0, 0.1) is 5.92 Å². The highest BCUT2D eigenvalue weighted by molar-refractivity contribution is 7.90. The number of benzene rings is 2. The minimum absolute atomic E-state index is 0.371. The summed E-state index contributed by atoms with van der Waals surface area (Å²) in [5, 5.41) is 2.01. The van der Waals surface area contributed by atoms with Gasteiger partial charge < -0.3 is 10.6 Å². The molecule has 3 rings (SSSR count). The topological polar surface area (TPSA) is 63.4 Å². The maximum Gasteiger partial charge on any atom is 0.175 e. The molecule has 0 radical (unpaired) electrons. The summed E-state index contributed by atoms with van der Waals surface area (Å²) in [6.45, 7) is 3.41. The van der Waals surface area contributed by atoms with Gasteiger partial charge in [-0.1, -0.05) is 30.3 Å². The molecule has 1 saturated heterocycles. The molecule has 4 nitrogen and oxygen atoms in total. The number of hydrogen-bond acceptors (Lipinski definition) is 4. The minimum Gasteiger partial charge on any atom is -0.330 e. The fourth-order valence-corrected chi connectivity index (χ4v) is 3.64. The maximum absolute atomic E-state index is 11.3. The Hall–Kier alpha value is -1.43. The van der Waals surface area contributed by atoms with E-state index in [0.29, 0.717) is 4.90 Å². The molecule has 1 fully saturated rings. The van der Waals surface area contributed by atoms with Crippen LogP contribution >= 0.6 is 0 Å². The van der Waals surface area contributed by atoms with Gasteiger partial charge in [-0.3, -0.25) is 0 Å². The van der Waals surface area contributed by atoms with Crippen molar-refractivity contribution in [3.05, 3.63) is 42.5 Å². The number of nitrogens with two attached hydrogens (primary N) is 1. The molecular formula is C19H28N2O2S. The average Bonchev–Trinajstić information content (AvgIpc) is 2.56. The summed E-state index contributed by atoms with van der Waals surface area (Å²) in [5.41, 5.74) is 5.48. The Balaban J connectivity index is 0.000000185. The number of nitrogens with zero attached hydrogens (tertiary/aromatic N) is 1. The van der Waals surface area contributed by atoms with Crippen molar-refractivity contribution in [1.82, 2.24) is 4.90 Å². The van der Waals surface area contributed by atoms with Crippen LogP contribution in [-0.2, 0) is 9.84 Å². The lowest BCUT2D eigenvalue weighted by Gasteiger charge is -2.28. The van der Waals surface area contributed by atoms with Crippen molar-refractivity contribution in [2.75, 3.05) is 32.9 Å². The predicted octanol–water partition coefficient (Wildman–Crippen LogP) is 2.92. The van der Waals surface area contributed by atoms with Gasteiger partial charge in [-0.25, -0.2) is 8.42 Å². The third-order valence-corrected chi connectivity index (χ3v) is 5.67. The smallest absolute Gasteiger partial charge is 0.175 e. The second-order valence-electron chi connectivity index (χ2n) is 6.61. The molecular weight excluding hydrogens is 320 g/mol. The van der Waals surface area contributed by atoms with Crippen molar-refractivity contribution >= 4 is 20.6 Å². The first-order valence-electron chi connectivity index (χ1n) is 8.47. The van der Waals surface area contributed by atoms with E-state index in [4.69, 9.17) is 5.73 Å². The van der Waals surface area contributed by atoms with Gasteiger partial charge in [-0.15, -0.1) is 0 Å². The largest absolute Gasteiger partial charge is 0.330 e. The number of likely N-dealkylation sites (tertiary alicyclic amines) is 1. The molecule has 0 spiro atoms. The first-order chi connectivity index (χ1) is 11.4. The van der Waals surface area contributed by atoms with Crippen LogP contribution in [0.25, 0.3) is 10.8 Å². The summed E-state index contributed by atoms with van der Waals surface area (Å²) < 4.78 is 22.6. The van der Waals surface area contributed by atoms with E-state index in [9.17, 15) is 8.42 Å². The van der Waals surface area contributed by atoms with Crippen LogP contribution in [0.3, 0.4) is 0 Å². The van der Waals surface area contributed by atoms with Crippen LogP contribution in [0.2, 0.25) is 0 Å². The highest BCUT2D eigenvalue weighted by Gasteiger charge is 2.14. The summed E-state index contributed by atoms with van der Waals surface area (Å²) in [6.07, 6.45) is 5.16. The van der Waals surface area contributed by atoms with E-state index in [1.807, 2.05) is 30.3 Å². The van der Waals surface area contributed by atoms with E-state index in [1.165, 1.54) is 38.6 Å². The first kappa shape index (κ1) is 18.9. The molecule has 1 aliphatic heterocycles. The van der Waals surface area contributed by atoms with Crippen molar-refractivity contribution < 1.29 is 8.42 Å². The Morgan fingerprint density at radius 3 is 2.29 bits per heavy atom. The van der Waals surface area contributed by atoms with Gasteiger partial charge >= 0.3 is 0 Å². The van der Waals surface area contributed by atoms with Gasteiger partial charge in [-0.2, -0.15) is 0 Å². The van der Waals surface area contributed by atoms with Crippen molar-refractivity contribution in [3.63, 3.8) is 0 Å². The van der Waals surface area contributed by atoms with Gasteiger partial charge in [0, 0.05) is 6.26 Å². The van der Waals surface area contributed by atoms with Crippen molar-refractivity contribution in [1.29, 1.82) is 0 Å². The zero-order chi connectivity index (χ0) is 17.6. The van der Waals surface area contributed by atoms with Crippen LogP contribution in [-0.4, -0.2) is 46.3 Å². The molecule has 0 aliphatic carbocycles. The molecule has 2 aromatic rings. The van der Waals surface area contributed by atoms with E-state index >= 15 is 0 Å².